The average molecular weight is 387 g/mol. The van der Waals surface area contributed by atoms with Gasteiger partial charge < -0.3 is 9.88 Å². The van der Waals surface area contributed by atoms with E-state index in [9.17, 15) is 4.79 Å². The maximum absolute atomic E-state index is 12.8. The number of likely N-dealkylation sites (tertiary alicyclic amines) is 1. The molecule has 1 aromatic carbocycles. The predicted octanol–water partition coefficient (Wildman–Crippen LogP) is 2.63. The molecular formula is C21H21N7O. The number of piperidine rings is 1. The van der Waals surface area contributed by atoms with Crippen LogP contribution in [0.4, 0.5) is 0 Å². The Kier molecular flexibility index (Phi) is 4.51. The molecule has 1 amide bonds. The van der Waals surface area contributed by atoms with Crippen molar-refractivity contribution in [3.05, 3.63) is 66.6 Å². The van der Waals surface area contributed by atoms with Crippen LogP contribution in [0, 0.1) is 5.92 Å². The summed E-state index contributed by atoms with van der Waals surface area (Å²) < 4.78 is 1.57. The molecule has 3 aromatic heterocycles. The molecule has 1 saturated heterocycles. The molecule has 5 rings (SSSR count). The van der Waals surface area contributed by atoms with Gasteiger partial charge in [0.25, 0.3) is 5.91 Å². The molecule has 8 nitrogen and oxygen atoms in total. The monoisotopic (exact) mass is 387 g/mol. The fourth-order valence-electron chi connectivity index (χ4n) is 3.87. The van der Waals surface area contributed by atoms with Gasteiger partial charge in [0.2, 0.25) is 0 Å². The first kappa shape index (κ1) is 17.5. The van der Waals surface area contributed by atoms with E-state index in [-0.39, 0.29) is 5.91 Å². The van der Waals surface area contributed by atoms with Gasteiger partial charge in [0.05, 0.1) is 16.6 Å². The SMILES string of the molecule is O=C(c1ccc(-n2cncn2)nc1)N1CCC(Cc2nc3ccccc3[nH]2)CC1. The first-order chi connectivity index (χ1) is 14.3. The summed E-state index contributed by atoms with van der Waals surface area (Å²) in [4.78, 5) is 31.1. The van der Waals surface area contributed by atoms with E-state index in [0.717, 1.165) is 49.2 Å². The van der Waals surface area contributed by atoms with Gasteiger partial charge in [-0.05, 0) is 43.0 Å². The second-order valence-corrected chi connectivity index (χ2v) is 7.39. The minimum Gasteiger partial charge on any atom is -0.342 e. The second-order valence-electron chi connectivity index (χ2n) is 7.39. The second kappa shape index (κ2) is 7.46. The molecule has 0 bridgehead atoms. The first-order valence-corrected chi connectivity index (χ1v) is 9.80. The number of imidazole rings is 1. The molecule has 1 aliphatic rings. The van der Waals surface area contributed by atoms with E-state index in [0.29, 0.717) is 17.3 Å². The van der Waals surface area contributed by atoms with E-state index in [1.165, 1.54) is 6.33 Å². The molecule has 1 aliphatic heterocycles. The lowest BCUT2D eigenvalue weighted by molar-refractivity contribution is 0.0689. The van der Waals surface area contributed by atoms with Gasteiger partial charge in [-0.25, -0.2) is 19.6 Å². The molecular weight excluding hydrogens is 366 g/mol. The van der Waals surface area contributed by atoms with Crippen LogP contribution in [0.15, 0.2) is 55.2 Å². The molecule has 4 aromatic rings. The van der Waals surface area contributed by atoms with Crippen LogP contribution in [0.5, 0.6) is 0 Å². The molecule has 29 heavy (non-hydrogen) atoms. The Hall–Kier alpha value is -3.55. The van der Waals surface area contributed by atoms with Gasteiger partial charge in [0.15, 0.2) is 5.82 Å². The zero-order chi connectivity index (χ0) is 19.6. The van der Waals surface area contributed by atoms with E-state index in [1.54, 1.807) is 29.3 Å². The number of rotatable bonds is 4. The van der Waals surface area contributed by atoms with Crippen LogP contribution in [0.3, 0.4) is 0 Å². The number of benzene rings is 1. The maximum Gasteiger partial charge on any atom is 0.255 e. The Morgan fingerprint density at radius 2 is 2.00 bits per heavy atom. The van der Waals surface area contributed by atoms with Crippen LogP contribution in [0.2, 0.25) is 0 Å². The lowest BCUT2D eigenvalue weighted by Gasteiger charge is -2.31. The molecule has 146 valence electrons. The number of aromatic amines is 1. The van der Waals surface area contributed by atoms with E-state index in [4.69, 9.17) is 0 Å². The highest BCUT2D eigenvalue weighted by Gasteiger charge is 2.24. The number of nitrogens with zero attached hydrogens (tertiary/aromatic N) is 6. The number of para-hydroxylation sites is 2. The van der Waals surface area contributed by atoms with Crippen molar-refractivity contribution in [2.45, 2.75) is 19.3 Å². The summed E-state index contributed by atoms with van der Waals surface area (Å²) in [5, 5.41) is 4.05. The standard InChI is InChI=1S/C21H21N7O/c29-21(16-5-6-20(23-12-16)28-14-22-13-24-28)27-9-7-15(8-10-27)11-19-25-17-3-1-2-4-18(17)26-19/h1-6,12-15H,7-11H2,(H,25,26). The Labute approximate surface area is 167 Å². The van der Waals surface area contributed by atoms with Crippen LogP contribution in [0.1, 0.15) is 29.0 Å². The quantitative estimate of drug-likeness (QED) is 0.581. The number of carbonyl (C=O) groups excluding carboxylic acids is 1. The summed E-state index contributed by atoms with van der Waals surface area (Å²) in [7, 11) is 0. The van der Waals surface area contributed by atoms with Crippen molar-refractivity contribution in [3.63, 3.8) is 0 Å². The van der Waals surface area contributed by atoms with Gasteiger partial charge >= 0.3 is 0 Å². The Morgan fingerprint density at radius 3 is 2.72 bits per heavy atom. The molecule has 4 heterocycles. The lowest BCUT2D eigenvalue weighted by atomic mass is 9.93. The third kappa shape index (κ3) is 3.61. The maximum atomic E-state index is 12.8. The highest BCUT2D eigenvalue weighted by atomic mass is 16.2. The van der Waals surface area contributed by atoms with Crippen molar-refractivity contribution in [1.82, 2.24) is 34.6 Å². The smallest absolute Gasteiger partial charge is 0.255 e. The Balaban J connectivity index is 1.19. The Morgan fingerprint density at radius 1 is 1.14 bits per heavy atom. The van der Waals surface area contributed by atoms with Crippen LogP contribution >= 0.6 is 0 Å². The van der Waals surface area contributed by atoms with Gasteiger partial charge in [-0.1, -0.05) is 12.1 Å². The van der Waals surface area contributed by atoms with Gasteiger partial charge in [-0.3, -0.25) is 4.79 Å². The number of aromatic nitrogens is 6. The number of H-pyrrole nitrogens is 1. The molecule has 0 radical (unpaired) electrons. The van der Waals surface area contributed by atoms with Gasteiger partial charge in [-0.15, -0.1) is 0 Å². The summed E-state index contributed by atoms with van der Waals surface area (Å²) in [6.45, 7) is 1.52. The number of hydrogen-bond donors (Lipinski definition) is 1. The van der Waals surface area contributed by atoms with Crippen LogP contribution < -0.4 is 0 Å². The summed E-state index contributed by atoms with van der Waals surface area (Å²) in [5.74, 6) is 2.24. The van der Waals surface area contributed by atoms with Crippen molar-refractivity contribution in [2.24, 2.45) is 5.92 Å². The summed E-state index contributed by atoms with van der Waals surface area (Å²) in [6, 6.07) is 11.7. The highest BCUT2D eigenvalue weighted by molar-refractivity contribution is 5.94. The average Bonchev–Trinajstić information content (AvgIpc) is 3.43. The molecule has 0 spiro atoms. The number of pyridine rings is 1. The normalized spacial score (nSPS) is 15.1. The summed E-state index contributed by atoms with van der Waals surface area (Å²) >= 11 is 0. The van der Waals surface area contributed by atoms with Crippen molar-refractivity contribution >= 4 is 16.9 Å². The minimum absolute atomic E-state index is 0.0322. The molecule has 1 fully saturated rings. The lowest BCUT2D eigenvalue weighted by Crippen LogP contribution is -2.39. The van der Waals surface area contributed by atoms with Gasteiger partial charge in [-0.2, -0.15) is 5.10 Å². The molecule has 0 aliphatic carbocycles. The number of carbonyl (C=O) groups is 1. The summed E-state index contributed by atoms with van der Waals surface area (Å²) in [6.07, 6.45) is 7.53. The zero-order valence-electron chi connectivity index (χ0n) is 15.9. The third-order valence-electron chi connectivity index (χ3n) is 5.47. The molecule has 8 heteroatoms. The molecule has 0 atom stereocenters. The highest BCUT2D eigenvalue weighted by Crippen LogP contribution is 2.23. The number of fused-ring (bicyclic) bond motifs is 1. The Bertz CT molecular complexity index is 1080. The minimum atomic E-state index is 0.0322. The largest absolute Gasteiger partial charge is 0.342 e. The van der Waals surface area contributed by atoms with Gasteiger partial charge in [0.1, 0.15) is 18.5 Å². The fraction of sp³-hybridized carbons (Fsp3) is 0.286. The number of nitrogens with one attached hydrogen (secondary N) is 1. The summed E-state index contributed by atoms with van der Waals surface area (Å²) in [5.41, 5.74) is 2.69. The van der Waals surface area contributed by atoms with Crippen molar-refractivity contribution in [1.29, 1.82) is 0 Å². The predicted molar refractivity (Wildman–Crippen MR) is 108 cm³/mol. The third-order valence-corrected chi connectivity index (χ3v) is 5.47. The van der Waals surface area contributed by atoms with E-state index < -0.39 is 0 Å². The van der Waals surface area contributed by atoms with Crippen LogP contribution in [0.25, 0.3) is 16.9 Å². The molecule has 0 unspecified atom stereocenters. The van der Waals surface area contributed by atoms with E-state index in [2.05, 4.69) is 31.1 Å². The molecule has 0 saturated carbocycles. The van der Waals surface area contributed by atoms with E-state index in [1.807, 2.05) is 23.1 Å². The van der Waals surface area contributed by atoms with Crippen molar-refractivity contribution < 1.29 is 4.79 Å². The van der Waals surface area contributed by atoms with Crippen molar-refractivity contribution in [2.75, 3.05) is 13.1 Å². The topological polar surface area (TPSA) is 92.6 Å². The first-order valence-electron chi connectivity index (χ1n) is 9.80. The number of hydrogen-bond acceptors (Lipinski definition) is 5. The molecule has 1 N–H and O–H groups in total. The van der Waals surface area contributed by atoms with Crippen molar-refractivity contribution in [3.8, 4) is 5.82 Å². The van der Waals surface area contributed by atoms with Gasteiger partial charge in [0, 0.05) is 25.7 Å². The van der Waals surface area contributed by atoms with E-state index >= 15 is 0 Å². The van der Waals surface area contributed by atoms with Crippen LogP contribution in [-0.4, -0.2) is 53.6 Å². The fourth-order valence-corrected chi connectivity index (χ4v) is 3.87. The van der Waals surface area contributed by atoms with Crippen LogP contribution in [-0.2, 0) is 6.42 Å². The zero-order valence-corrected chi connectivity index (χ0v) is 15.9. The number of amides is 1.